The van der Waals surface area contributed by atoms with Gasteiger partial charge in [0.1, 0.15) is 11.5 Å². The quantitative estimate of drug-likeness (QED) is 0.190. The Hall–Kier alpha value is -4.86. The smallest absolute Gasteiger partial charge is 0.355 e. The molecule has 0 bridgehead atoms. The third-order valence-electron chi connectivity index (χ3n) is 7.98. The minimum absolute atomic E-state index is 0.0806. The first-order valence-corrected chi connectivity index (χ1v) is 14.5. The number of nitrogens with one attached hydrogen (secondary N) is 1. The van der Waals surface area contributed by atoms with E-state index < -0.39 is 11.7 Å². The van der Waals surface area contributed by atoms with E-state index in [1.165, 1.54) is 18.2 Å². The van der Waals surface area contributed by atoms with Crippen LogP contribution in [0.1, 0.15) is 48.4 Å². The van der Waals surface area contributed by atoms with Crippen molar-refractivity contribution in [2.24, 2.45) is 0 Å². The summed E-state index contributed by atoms with van der Waals surface area (Å²) in [5, 5.41) is 12.2. The SMILES string of the molecule is C[C@H](Nc1nccc(-c2cc(N3CCC(c4ccc(F)cc4)CC3)nnc2-c2cccc(C(F)(F)F)c2)n1)c1ccccc1. The summed E-state index contributed by atoms with van der Waals surface area (Å²) in [5.74, 6) is 1.03. The first kappa shape index (κ1) is 29.2. The molecule has 44 heavy (non-hydrogen) atoms. The van der Waals surface area contributed by atoms with Crippen molar-refractivity contribution in [3.8, 4) is 22.5 Å². The van der Waals surface area contributed by atoms with Gasteiger partial charge in [-0.1, -0.05) is 54.6 Å². The van der Waals surface area contributed by atoms with Gasteiger partial charge < -0.3 is 10.2 Å². The van der Waals surface area contributed by atoms with Crippen LogP contribution in [-0.4, -0.2) is 33.3 Å². The minimum atomic E-state index is -4.50. The summed E-state index contributed by atoms with van der Waals surface area (Å²) >= 11 is 0. The Bertz CT molecular complexity index is 1720. The largest absolute Gasteiger partial charge is 0.416 e. The molecule has 1 fully saturated rings. The lowest BCUT2D eigenvalue weighted by Gasteiger charge is -2.33. The van der Waals surface area contributed by atoms with Crippen molar-refractivity contribution < 1.29 is 17.6 Å². The number of anilines is 2. The summed E-state index contributed by atoms with van der Waals surface area (Å²) < 4.78 is 54.3. The molecule has 0 amide bonds. The molecule has 0 unspecified atom stereocenters. The van der Waals surface area contributed by atoms with Crippen molar-refractivity contribution in [3.63, 3.8) is 0 Å². The van der Waals surface area contributed by atoms with Gasteiger partial charge in [-0.15, -0.1) is 10.2 Å². The maximum absolute atomic E-state index is 13.6. The molecule has 1 aliphatic rings. The molecule has 6 nitrogen and oxygen atoms in total. The molecule has 10 heteroatoms. The zero-order chi connectivity index (χ0) is 30.7. The first-order valence-electron chi connectivity index (χ1n) is 14.5. The molecule has 224 valence electrons. The molecule has 1 aliphatic heterocycles. The molecule has 5 aromatic rings. The fourth-order valence-corrected chi connectivity index (χ4v) is 5.56. The molecule has 1 saturated heterocycles. The van der Waals surface area contributed by atoms with Gasteiger partial charge >= 0.3 is 6.18 Å². The Kier molecular flexibility index (Phi) is 8.23. The first-order chi connectivity index (χ1) is 21.2. The zero-order valence-electron chi connectivity index (χ0n) is 24.0. The van der Waals surface area contributed by atoms with E-state index in [-0.39, 0.29) is 17.4 Å². The number of hydrogen-bond acceptors (Lipinski definition) is 6. The Labute approximate surface area is 252 Å². The van der Waals surface area contributed by atoms with Crippen LogP contribution in [0.25, 0.3) is 22.5 Å². The molecule has 0 spiro atoms. The second-order valence-electron chi connectivity index (χ2n) is 10.9. The summed E-state index contributed by atoms with van der Waals surface area (Å²) in [7, 11) is 0. The lowest BCUT2D eigenvalue weighted by atomic mass is 9.89. The molecular weight excluding hydrogens is 568 g/mol. The van der Waals surface area contributed by atoms with Gasteiger partial charge in [-0.3, -0.25) is 0 Å². The lowest BCUT2D eigenvalue weighted by molar-refractivity contribution is -0.137. The molecule has 3 heterocycles. The number of aromatic nitrogens is 4. The van der Waals surface area contributed by atoms with E-state index in [1.807, 2.05) is 55.5 Å². The highest BCUT2D eigenvalue weighted by atomic mass is 19.4. The topological polar surface area (TPSA) is 66.8 Å². The second-order valence-corrected chi connectivity index (χ2v) is 10.9. The lowest BCUT2D eigenvalue weighted by Crippen LogP contribution is -2.33. The predicted octanol–water partition coefficient (Wildman–Crippen LogP) is 8.32. The van der Waals surface area contributed by atoms with Crippen molar-refractivity contribution >= 4 is 11.8 Å². The van der Waals surface area contributed by atoms with E-state index in [0.717, 1.165) is 36.1 Å². The van der Waals surface area contributed by atoms with Crippen LogP contribution in [0.2, 0.25) is 0 Å². The van der Waals surface area contributed by atoms with Crippen LogP contribution in [0.4, 0.5) is 29.3 Å². The molecule has 2 aromatic heterocycles. The van der Waals surface area contributed by atoms with Gasteiger partial charge in [-0.05, 0) is 73.2 Å². The summed E-state index contributed by atoms with van der Waals surface area (Å²) in [6.45, 7) is 3.40. The fraction of sp³-hybridized carbons (Fsp3) is 0.235. The van der Waals surface area contributed by atoms with Crippen LogP contribution in [0.15, 0.2) is 97.2 Å². The van der Waals surface area contributed by atoms with E-state index in [0.29, 0.717) is 47.7 Å². The van der Waals surface area contributed by atoms with E-state index in [4.69, 9.17) is 4.98 Å². The summed E-state index contributed by atoms with van der Waals surface area (Å²) in [6, 6.07) is 25.1. The van der Waals surface area contributed by atoms with Crippen molar-refractivity contribution in [2.45, 2.75) is 37.9 Å². The van der Waals surface area contributed by atoms with Gasteiger partial charge in [-0.2, -0.15) is 13.2 Å². The van der Waals surface area contributed by atoms with E-state index in [9.17, 15) is 17.6 Å². The number of alkyl halides is 3. The Morgan fingerprint density at radius 3 is 2.34 bits per heavy atom. The molecule has 6 rings (SSSR count). The van der Waals surface area contributed by atoms with Gasteiger partial charge in [0.05, 0.1) is 17.3 Å². The van der Waals surface area contributed by atoms with Gasteiger partial charge in [0, 0.05) is 30.4 Å². The highest BCUT2D eigenvalue weighted by molar-refractivity contribution is 5.81. The van der Waals surface area contributed by atoms with Crippen molar-refractivity contribution in [3.05, 3.63) is 120 Å². The molecule has 0 aliphatic carbocycles. The molecule has 1 N–H and O–H groups in total. The Morgan fingerprint density at radius 2 is 1.61 bits per heavy atom. The zero-order valence-corrected chi connectivity index (χ0v) is 24.0. The predicted molar refractivity (Wildman–Crippen MR) is 163 cm³/mol. The van der Waals surface area contributed by atoms with Crippen molar-refractivity contribution in [1.29, 1.82) is 0 Å². The van der Waals surface area contributed by atoms with Gasteiger partial charge in [-0.25, -0.2) is 14.4 Å². The molecule has 0 radical (unpaired) electrons. The fourth-order valence-electron chi connectivity index (χ4n) is 5.56. The van der Waals surface area contributed by atoms with Crippen molar-refractivity contribution in [1.82, 2.24) is 20.2 Å². The Morgan fingerprint density at radius 1 is 0.864 bits per heavy atom. The summed E-state index contributed by atoms with van der Waals surface area (Å²) in [6.07, 6.45) is -1.20. The maximum Gasteiger partial charge on any atom is 0.416 e. The maximum atomic E-state index is 13.6. The van der Waals surface area contributed by atoms with E-state index in [1.54, 1.807) is 18.3 Å². The van der Waals surface area contributed by atoms with Crippen LogP contribution >= 0.6 is 0 Å². The van der Waals surface area contributed by atoms with Gasteiger partial charge in [0.25, 0.3) is 0 Å². The number of nitrogens with zero attached hydrogens (tertiary/aromatic N) is 5. The standard InChI is InChI=1S/C34H30F4N6/c1-22(23-6-3-2-4-7-23)40-33-39-17-14-30(41-33)29-21-31(42-43-32(29)26-8-5-9-27(20-26)34(36,37)38)44-18-15-25(16-19-44)24-10-12-28(35)13-11-24/h2-14,17,20-22,25H,15-16,18-19H2,1H3,(H,39,40,41)/t22-/m0/s1. The van der Waals surface area contributed by atoms with Crippen LogP contribution in [0.3, 0.4) is 0 Å². The highest BCUT2D eigenvalue weighted by Gasteiger charge is 2.31. The third kappa shape index (κ3) is 6.54. The highest BCUT2D eigenvalue weighted by Crippen LogP contribution is 2.37. The molecule has 1 atom stereocenters. The molecule has 3 aromatic carbocycles. The van der Waals surface area contributed by atoms with E-state index >= 15 is 0 Å². The molecular formula is C34H30F4N6. The van der Waals surface area contributed by atoms with Crippen molar-refractivity contribution in [2.75, 3.05) is 23.3 Å². The van der Waals surface area contributed by atoms with Gasteiger partial charge in [0.2, 0.25) is 5.95 Å². The number of halogens is 4. The monoisotopic (exact) mass is 598 g/mol. The number of benzene rings is 3. The summed E-state index contributed by atoms with van der Waals surface area (Å²) in [5.41, 5.74) is 3.03. The third-order valence-corrected chi connectivity index (χ3v) is 7.98. The molecule has 0 saturated carbocycles. The normalized spacial score (nSPS) is 14.8. The average Bonchev–Trinajstić information content (AvgIpc) is 3.05. The average molecular weight is 599 g/mol. The number of rotatable bonds is 7. The summed E-state index contributed by atoms with van der Waals surface area (Å²) in [4.78, 5) is 11.3. The van der Waals surface area contributed by atoms with Crippen LogP contribution in [0, 0.1) is 5.82 Å². The Balaban J connectivity index is 1.33. The van der Waals surface area contributed by atoms with Crippen LogP contribution < -0.4 is 10.2 Å². The number of piperidine rings is 1. The van der Waals surface area contributed by atoms with Crippen LogP contribution in [-0.2, 0) is 6.18 Å². The van der Waals surface area contributed by atoms with Gasteiger partial charge in [0.15, 0.2) is 5.82 Å². The second kappa shape index (κ2) is 12.4. The number of hydrogen-bond donors (Lipinski definition) is 1. The van der Waals surface area contributed by atoms with E-state index in [2.05, 4.69) is 25.4 Å². The van der Waals surface area contributed by atoms with Crippen LogP contribution in [0.5, 0.6) is 0 Å². The minimum Gasteiger partial charge on any atom is -0.355 e.